The average molecular weight is 403 g/mol. The van der Waals surface area contributed by atoms with Crippen LogP contribution in [0.2, 0.25) is 5.02 Å². The van der Waals surface area contributed by atoms with Crippen LogP contribution in [0.25, 0.3) is 0 Å². The van der Waals surface area contributed by atoms with E-state index >= 15 is 0 Å². The van der Waals surface area contributed by atoms with E-state index in [1.807, 2.05) is 56.3 Å². The van der Waals surface area contributed by atoms with Gasteiger partial charge in [0.15, 0.2) is 0 Å². The largest absolute Gasteiger partial charge is 0.497 e. The lowest BCUT2D eigenvalue weighted by atomic mass is 10.1. The van der Waals surface area contributed by atoms with Crippen LogP contribution in [0.1, 0.15) is 31.9 Å². The number of halogens is 1. The van der Waals surface area contributed by atoms with Gasteiger partial charge in [0.05, 0.1) is 13.5 Å². The summed E-state index contributed by atoms with van der Waals surface area (Å²) in [5.74, 6) is 0.399. The van der Waals surface area contributed by atoms with Gasteiger partial charge in [-0.15, -0.1) is 0 Å². The van der Waals surface area contributed by atoms with Crippen molar-refractivity contribution in [3.8, 4) is 5.75 Å². The Labute approximate surface area is 171 Å². The minimum absolute atomic E-state index is 0.00574. The fourth-order valence-electron chi connectivity index (χ4n) is 2.82. The third-order valence-electron chi connectivity index (χ3n) is 4.41. The van der Waals surface area contributed by atoms with Crippen LogP contribution in [0.4, 0.5) is 0 Å². The topological polar surface area (TPSA) is 58.6 Å². The highest BCUT2D eigenvalue weighted by atomic mass is 35.5. The standard InChI is InChI=1S/C22H27ClN2O3/c1-15(2)24-22(27)16(3)25(14-18-7-5-6-8-20(18)23)21(26)13-17-9-11-19(28-4)12-10-17/h5-12,15-16H,13-14H2,1-4H3,(H,24,27). The van der Waals surface area contributed by atoms with E-state index in [-0.39, 0.29) is 30.8 Å². The third-order valence-corrected chi connectivity index (χ3v) is 4.78. The number of amides is 2. The van der Waals surface area contributed by atoms with Crippen LogP contribution in [-0.4, -0.2) is 35.9 Å². The molecule has 2 aromatic carbocycles. The first-order valence-electron chi connectivity index (χ1n) is 9.28. The van der Waals surface area contributed by atoms with Gasteiger partial charge in [0.2, 0.25) is 11.8 Å². The monoisotopic (exact) mass is 402 g/mol. The van der Waals surface area contributed by atoms with Crippen LogP contribution < -0.4 is 10.1 Å². The highest BCUT2D eigenvalue weighted by molar-refractivity contribution is 6.31. The van der Waals surface area contributed by atoms with Crippen molar-refractivity contribution in [1.29, 1.82) is 0 Å². The quantitative estimate of drug-likeness (QED) is 0.729. The summed E-state index contributed by atoms with van der Waals surface area (Å²) >= 11 is 6.28. The van der Waals surface area contributed by atoms with E-state index in [1.165, 1.54) is 0 Å². The van der Waals surface area contributed by atoms with E-state index in [2.05, 4.69) is 5.32 Å². The lowest BCUT2D eigenvalue weighted by Crippen LogP contribution is -2.49. The molecule has 2 aromatic rings. The minimum atomic E-state index is -0.621. The summed E-state index contributed by atoms with van der Waals surface area (Å²) in [5, 5.41) is 3.45. The Bertz CT molecular complexity index is 806. The number of hydrogen-bond donors (Lipinski definition) is 1. The van der Waals surface area contributed by atoms with Crippen molar-refractivity contribution < 1.29 is 14.3 Å². The Kier molecular flexibility index (Phi) is 7.88. The van der Waals surface area contributed by atoms with Crippen LogP contribution in [-0.2, 0) is 22.6 Å². The summed E-state index contributed by atoms with van der Waals surface area (Å²) in [4.78, 5) is 27.2. The summed E-state index contributed by atoms with van der Waals surface area (Å²) in [6.45, 7) is 5.78. The van der Waals surface area contributed by atoms with Gasteiger partial charge in [0.1, 0.15) is 11.8 Å². The van der Waals surface area contributed by atoms with Crippen molar-refractivity contribution in [3.63, 3.8) is 0 Å². The van der Waals surface area contributed by atoms with E-state index in [1.54, 1.807) is 25.0 Å². The molecule has 0 fully saturated rings. The van der Waals surface area contributed by atoms with Crippen molar-refractivity contribution >= 4 is 23.4 Å². The Balaban J connectivity index is 2.23. The maximum absolute atomic E-state index is 13.1. The number of carbonyl (C=O) groups excluding carboxylic acids is 2. The molecule has 2 amide bonds. The second kappa shape index (κ2) is 10.1. The predicted molar refractivity (Wildman–Crippen MR) is 111 cm³/mol. The summed E-state index contributed by atoms with van der Waals surface area (Å²) < 4.78 is 5.16. The maximum Gasteiger partial charge on any atom is 0.242 e. The zero-order valence-electron chi connectivity index (χ0n) is 16.7. The highest BCUT2D eigenvalue weighted by Crippen LogP contribution is 2.20. The van der Waals surface area contributed by atoms with Gasteiger partial charge in [-0.3, -0.25) is 9.59 Å². The zero-order chi connectivity index (χ0) is 20.7. The molecule has 0 saturated carbocycles. The molecule has 0 radical (unpaired) electrons. The summed E-state index contributed by atoms with van der Waals surface area (Å²) in [7, 11) is 1.60. The number of nitrogens with zero attached hydrogens (tertiary/aromatic N) is 1. The lowest BCUT2D eigenvalue weighted by molar-refractivity contribution is -0.140. The molecule has 0 bridgehead atoms. The van der Waals surface area contributed by atoms with Crippen LogP contribution in [0, 0.1) is 0 Å². The van der Waals surface area contributed by atoms with Gasteiger partial charge < -0.3 is 15.0 Å². The molecule has 0 aliphatic heterocycles. The number of nitrogens with one attached hydrogen (secondary N) is 1. The number of rotatable bonds is 8. The molecule has 1 unspecified atom stereocenters. The summed E-state index contributed by atoms with van der Waals surface area (Å²) in [6.07, 6.45) is 0.188. The number of ether oxygens (including phenoxy) is 1. The number of benzene rings is 2. The molecule has 28 heavy (non-hydrogen) atoms. The average Bonchev–Trinajstić information content (AvgIpc) is 2.66. The Morgan fingerprint density at radius 2 is 1.71 bits per heavy atom. The molecule has 0 aliphatic rings. The molecule has 1 N–H and O–H groups in total. The number of carbonyl (C=O) groups is 2. The van der Waals surface area contributed by atoms with Crippen molar-refractivity contribution in [3.05, 3.63) is 64.7 Å². The fraction of sp³-hybridized carbons (Fsp3) is 0.364. The first kappa shape index (κ1) is 21.8. The van der Waals surface area contributed by atoms with Gasteiger partial charge in [-0.1, -0.05) is 41.9 Å². The van der Waals surface area contributed by atoms with Gasteiger partial charge in [0.25, 0.3) is 0 Å². The fourth-order valence-corrected chi connectivity index (χ4v) is 3.01. The normalized spacial score (nSPS) is 11.8. The molecule has 0 saturated heterocycles. The number of methoxy groups -OCH3 is 1. The Hall–Kier alpha value is -2.53. The number of hydrogen-bond acceptors (Lipinski definition) is 3. The molecule has 0 spiro atoms. The predicted octanol–water partition coefficient (Wildman–Crippen LogP) is 3.83. The van der Waals surface area contributed by atoms with Crippen LogP contribution >= 0.6 is 11.6 Å². The second-order valence-corrected chi connectivity index (χ2v) is 7.38. The van der Waals surface area contributed by atoms with Crippen molar-refractivity contribution in [1.82, 2.24) is 10.2 Å². The smallest absolute Gasteiger partial charge is 0.242 e. The van der Waals surface area contributed by atoms with Gasteiger partial charge in [0, 0.05) is 17.6 Å². The van der Waals surface area contributed by atoms with E-state index < -0.39 is 6.04 Å². The SMILES string of the molecule is COc1ccc(CC(=O)N(Cc2ccccc2Cl)C(C)C(=O)NC(C)C)cc1. The molecule has 0 aromatic heterocycles. The van der Waals surface area contributed by atoms with Crippen molar-refractivity contribution in [2.75, 3.05) is 7.11 Å². The molecule has 0 heterocycles. The second-order valence-electron chi connectivity index (χ2n) is 6.98. The van der Waals surface area contributed by atoms with E-state index in [0.29, 0.717) is 5.02 Å². The van der Waals surface area contributed by atoms with Gasteiger partial charge in [-0.25, -0.2) is 0 Å². The Morgan fingerprint density at radius 1 is 1.07 bits per heavy atom. The molecule has 150 valence electrons. The van der Waals surface area contributed by atoms with E-state index in [9.17, 15) is 9.59 Å². The van der Waals surface area contributed by atoms with Crippen molar-refractivity contribution in [2.45, 2.75) is 45.8 Å². The first-order chi connectivity index (χ1) is 13.3. The van der Waals surface area contributed by atoms with E-state index in [4.69, 9.17) is 16.3 Å². The highest BCUT2D eigenvalue weighted by Gasteiger charge is 2.27. The summed E-state index contributed by atoms with van der Waals surface area (Å²) in [6, 6.07) is 14.1. The Morgan fingerprint density at radius 3 is 2.29 bits per heavy atom. The van der Waals surface area contributed by atoms with Crippen LogP contribution in [0.5, 0.6) is 5.75 Å². The molecule has 5 nitrogen and oxygen atoms in total. The lowest BCUT2D eigenvalue weighted by Gasteiger charge is -2.29. The van der Waals surface area contributed by atoms with Crippen molar-refractivity contribution in [2.24, 2.45) is 0 Å². The van der Waals surface area contributed by atoms with Gasteiger partial charge in [-0.2, -0.15) is 0 Å². The molecular weight excluding hydrogens is 376 g/mol. The summed E-state index contributed by atoms with van der Waals surface area (Å²) in [5.41, 5.74) is 1.66. The first-order valence-corrected chi connectivity index (χ1v) is 9.65. The molecule has 2 rings (SSSR count). The molecule has 0 aliphatic carbocycles. The van der Waals surface area contributed by atoms with Crippen LogP contribution in [0.3, 0.4) is 0 Å². The zero-order valence-corrected chi connectivity index (χ0v) is 17.5. The van der Waals surface area contributed by atoms with Gasteiger partial charge in [-0.05, 0) is 50.1 Å². The maximum atomic E-state index is 13.1. The molecule has 6 heteroatoms. The van der Waals surface area contributed by atoms with E-state index in [0.717, 1.165) is 16.9 Å². The van der Waals surface area contributed by atoms with Crippen LogP contribution in [0.15, 0.2) is 48.5 Å². The molecule has 1 atom stereocenters. The minimum Gasteiger partial charge on any atom is -0.497 e. The molecular formula is C22H27ClN2O3. The third kappa shape index (κ3) is 5.99. The van der Waals surface area contributed by atoms with Gasteiger partial charge >= 0.3 is 0 Å².